The van der Waals surface area contributed by atoms with Crippen LogP contribution in [0, 0.1) is 11.2 Å². The summed E-state index contributed by atoms with van der Waals surface area (Å²) in [4.78, 5) is 23.4. The largest absolute Gasteiger partial charge is 0.457 e. The van der Waals surface area contributed by atoms with E-state index >= 15 is 0 Å². The van der Waals surface area contributed by atoms with Gasteiger partial charge in [-0.05, 0) is 31.2 Å². The number of carbonyl (C=O) groups is 2. The van der Waals surface area contributed by atoms with E-state index in [0.29, 0.717) is 6.42 Å². The smallest absolute Gasteiger partial charge is 0.315 e. The summed E-state index contributed by atoms with van der Waals surface area (Å²) in [5, 5.41) is 0. The van der Waals surface area contributed by atoms with Crippen molar-refractivity contribution in [1.82, 2.24) is 0 Å². The number of carbonyl (C=O) groups excluding carboxylic acids is 2. The van der Waals surface area contributed by atoms with Gasteiger partial charge in [0.1, 0.15) is 15.6 Å². The summed E-state index contributed by atoms with van der Waals surface area (Å²) in [5.41, 5.74) is -0.683. The summed E-state index contributed by atoms with van der Waals surface area (Å²) in [6.07, 6.45) is 0.298. The van der Waals surface area contributed by atoms with Crippen molar-refractivity contribution < 1.29 is 18.7 Å². The van der Waals surface area contributed by atoms with E-state index in [2.05, 4.69) is 0 Å². The number of esters is 1. The van der Waals surface area contributed by atoms with Crippen molar-refractivity contribution in [2.24, 2.45) is 5.41 Å². The topological polar surface area (TPSA) is 43.4 Å². The first kappa shape index (κ1) is 14.3. The minimum Gasteiger partial charge on any atom is -0.457 e. The highest BCUT2D eigenvalue weighted by atomic mass is 35.5. The second kappa shape index (κ2) is 4.76. The molecule has 2 rings (SSSR count). The van der Waals surface area contributed by atoms with E-state index in [1.807, 2.05) is 0 Å². The highest BCUT2D eigenvalue weighted by Crippen LogP contribution is 2.64. The molecule has 1 saturated carbocycles. The maximum absolute atomic E-state index is 12.7. The Morgan fingerprint density at radius 1 is 1.32 bits per heavy atom. The molecule has 1 aliphatic rings. The maximum Gasteiger partial charge on any atom is 0.315 e. The van der Waals surface area contributed by atoms with Gasteiger partial charge in [-0.25, -0.2) is 4.39 Å². The number of benzene rings is 1. The lowest BCUT2D eigenvalue weighted by molar-refractivity contribution is -0.148. The van der Waals surface area contributed by atoms with Gasteiger partial charge in [-0.3, -0.25) is 9.59 Å². The van der Waals surface area contributed by atoms with Gasteiger partial charge >= 0.3 is 5.97 Å². The average Bonchev–Trinajstić information content (AvgIpc) is 2.87. The van der Waals surface area contributed by atoms with E-state index in [9.17, 15) is 14.0 Å². The molecule has 0 amide bonds. The summed E-state index contributed by atoms with van der Waals surface area (Å²) in [5.74, 6) is -1.45. The molecule has 0 heterocycles. The van der Waals surface area contributed by atoms with Crippen molar-refractivity contribution >= 4 is 35.0 Å². The average molecular weight is 305 g/mol. The van der Waals surface area contributed by atoms with Gasteiger partial charge in [0, 0.05) is 12.0 Å². The fourth-order valence-corrected chi connectivity index (χ4v) is 2.32. The van der Waals surface area contributed by atoms with E-state index in [0.717, 1.165) is 0 Å². The van der Waals surface area contributed by atoms with E-state index in [4.69, 9.17) is 27.9 Å². The molecule has 0 N–H and O–H groups in total. The number of Topliss-reactive ketones (excluding diaryl/α,β-unsaturated/α-hetero) is 1. The van der Waals surface area contributed by atoms with Crippen LogP contribution in [0.4, 0.5) is 4.39 Å². The maximum atomic E-state index is 12.7. The van der Waals surface area contributed by atoms with Gasteiger partial charge < -0.3 is 4.74 Å². The number of hydrogen-bond donors (Lipinski definition) is 0. The molecule has 0 radical (unpaired) electrons. The van der Waals surface area contributed by atoms with Gasteiger partial charge in [0.05, 0.1) is 0 Å². The zero-order valence-corrected chi connectivity index (χ0v) is 11.6. The van der Waals surface area contributed by atoms with E-state index in [1.165, 1.54) is 24.3 Å². The van der Waals surface area contributed by atoms with Crippen molar-refractivity contribution in [3.8, 4) is 0 Å². The molecule has 1 aromatic carbocycles. The lowest BCUT2D eigenvalue weighted by Gasteiger charge is -2.11. The first-order valence-electron chi connectivity index (χ1n) is 5.60. The minimum absolute atomic E-state index is 0.276. The van der Waals surface area contributed by atoms with Crippen molar-refractivity contribution in [3.63, 3.8) is 0 Å². The van der Waals surface area contributed by atoms with Gasteiger partial charge in [0.2, 0.25) is 0 Å². The van der Waals surface area contributed by atoms with Crippen molar-refractivity contribution in [1.29, 1.82) is 0 Å². The van der Waals surface area contributed by atoms with E-state index in [1.54, 1.807) is 6.92 Å². The number of ether oxygens (including phenoxy) is 1. The number of ketones is 1. The van der Waals surface area contributed by atoms with E-state index in [-0.39, 0.29) is 5.56 Å². The van der Waals surface area contributed by atoms with Crippen LogP contribution in [-0.2, 0) is 9.53 Å². The molecule has 1 unspecified atom stereocenters. The molecule has 1 fully saturated rings. The summed E-state index contributed by atoms with van der Waals surface area (Å²) in [6.45, 7) is 1.17. The van der Waals surface area contributed by atoms with Gasteiger partial charge in [-0.2, -0.15) is 0 Å². The fraction of sp³-hybridized carbons (Fsp3) is 0.385. The number of hydrogen-bond acceptors (Lipinski definition) is 3. The summed E-state index contributed by atoms with van der Waals surface area (Å²) < 4.78 is 16.5. The van der Waals surface area contributed by atoms with Crippen LogP contribution < -0.4 is 0 Å². The Kier molecular flexibility index (Phi) is 3.58. The number of halogens is 3. The first-order chi connectivity index (χ1) is 8.76. The molecular formula is C13H11Cl2FO3. The van der Waals surface area contributed by atoms with E-state index < -0.39 is 33.9 Å². The normalized spacial score (nSPS) is 23.8. The lowest BCUT2D eigenvalue weighted by atomic mass is 10.1. The van der Waals surface area contributed by atoms with Gasteiger partial charge in [-0.1, -0.05) is 0 Å². The predicted molar refractivity (Wildman–Crippen MR) is 68.9 cm³/mol. The molecule has 3 nitrogen and oxygen atoms in total. The predicted octanol–water partition coefficient (Wildman–Crippen LogP) is 3.14. The molecule has 0 bridgehead atoms. The second-order valence-electron chi connectivity index (χ2n) is 4.72. The Balaban J connectivity index is 1.91. The molecule has 0 aromatic heterocycles. The number of rotatable bonds is 4. The zero-order valence-electron chi connectivity index (χ0n) is 10.1. The zero-order chi connectivity index (χ0) is 14.3. The van der Waals surface area contributed by atoms with Gasteiger partial charge in [-0.15, -0.1) is 23.2 Å². The van der Waals surface area contributed by atoms with Crippen LogP contribution >= 0.6 is 23.2 Å². The Morgan fingerprint density at radius 3 is 2.32 bits per heavy atom. The molecule has 102 valence electrons. The summed E-state index contributed by atoms with van der Waals surface area (Å²) >= 11 is 11.7. The van der Waals surface area contributed by atoms with Crippen LogP contribution in [0.25, 0.3) is 0 Å². The van der Waals surface area contributed by atoms with Crippen molar-refractivity contribution in [2.45, 2.75) is 17.7 Å². The standard InChI is InChI=1S/C13H11Cl2FO3/c1-12(7-13(12,14)15)11(18)19-6-10(17)8-2-4-9(16)5-3-8/h2-5H,6-7H2,1H3. The summed E-state index contributed by atoms with van der Waals surface area (Å²) in [6, 6.07) is 5.00. The Hall–Kier alpha value is -1.13. The molecule has 19 heavy (non-hydrogen) atoms. The Bertz CT molecular complexity index is 527. The SMILES string of the molecule is CC1(C(=O)OCC(=O)c2ccc(F)cc2)CC1(Cl)Cl. The molecule has 0 saturated heterocycles. The molecular weight excluding hydrogens is 294 g/mol. The molecule has 6 heteroatoms. The number of alkyl halides is 2. The minimum atomic E-state index is -1.12. The fourth-order valence-electron chi connectivity index (χ4n) is 1.63. The second-order valence-corrected chi connectivity index (χ2v) is 6.20. The first-order valence-corrected chi connectivity index (χ1v) is 6.36. The summed E-state index contributed by atoms with van der Waals surface area (Å²) in [7, 11) is 0. The molecule has 1 atom stereocenters. The van der Waals surface area contributed by atoms with Crippen molar-refractivity contribution in [3.05, 3.63) is 35.6 Å². The highest BCUT2D eigenvalue weighted by Gasteiger charge is 2.69. The third-order valence-electron chi connectivity index (χ3n) is 3.21. The highest BCUT2D eigenvalue weighted by molar-refractivity contribution is 6.53. The Morgan fingerprint density at radius 2 is 1.84 bits per heavy atom. The van der Waals surface area contributed by atoms with Crippen LogP contribution in [0.15, 0.2) is 24.3 Å². The van der Waals surface area contributed by atoms with Crippen LogP contribution in [0.5, 0.6) is 0 Å². The van der Waals surface area contributed by atoms with Crippen LogP contribution in [-0.4, -0.2) is 22.7 Å². The molecule has 0 spiro atoms. The lowest BCUT2D eigenvalue weighted by Crippen LogP contribution is -2.24. The van der Waals surface area contributed by atoms with Gasteiger partial charge in [0.25, 0.3) is 0 Å². The quantitative estimate of drug-likeness (QED) is 0.487. The van der Waals surface area contributed by atoms with Crippen LogP contribution in [0.2, 0.25) is 0 Å². The monoisotopic (exact) mass is 304 g/mol. The van der Waals surface area contributed by atoms with Gasteiger partial charge in [0.15, 0.2) is 12.4 Å². The third-order valence-corrected chi connectivity index (χ3v) is 4.31. The van der Waals surface area contributed by atoms with Crippen LogP contribution in [0.3, 0.4) is 0 Å². The third kappa shape index (κ3) is 2.74. The van der Waals surface area contributed by atoms with Crippen LogP contribution in [0.1, 0.15) is 23.7 Å². The molecule has 1 aliphatic carbocycles. The molecule has 1 aromatic rings. The van der Waals surface area contributed by atoms with Crippen molar-refractivity contribution in [2.75, 3.05) is 6.61 Å². The Labute approximate surface area is 119 Å². The molecule has 0 aliphatic heterocycles.